The summed E-state index contributed by atoms with van der Waals surface area (Å²) in [5.41, 5.74) is 1.32. The van der Waals surface area contributed by atoms with Crippen LogP contribution in [0, 0.1) is 11.6 Å². The maximum Gasteiger partial charge on any atom is 0.127 e. The number of benzene rings is 2. The highest BCUT2D eigenvalue weighted by Gasteiger charge is 2.09. The van der Waals surface area contributed by atoms with Crippen LogP contribution >= 0.6 is 11.6 Å². The van der Waals surface area contributed by atoms with E-state index in [0.717, 1.165) is 5.56 Å². The minimum Gasteiger partial charge on any atom is -0.306 e. The van der Waals surface area contributed by atoms with Gasteiger partial charge in [-0.1, -0.05) is 29.8 Å². The molecular weight excluding hydrogens is 268 g/mol. The van der Waals surface area contributed by atoms with Gasteiger partial charge in [-0.05, 0) is 36.8 Å². The van der Waals surface area contributed by atoms with E-state index in [0.29, 0.717) is 17.1 Å². The highest BCUT2D eigenvalue weighted by atomic mass is 35.5. The monoisotopic (exact) mass is 281 g/mol. The number of nitrogens with one attached hydrogen (secondary N) is 1. The Morgan fingerprint density at radius 2 is 1.89 bits per heavy atom. The first-order chi connectivity index (χ1) is 9.06. The lowest BCUT2D eigenvalue weighted by Crippen LogP contribution is -2.19. The summed E-state index contributed by atoms with van der Waals surface area (Å²) in [7, 11) is 0. The molecular formula is C15H14ClF2N. The van der Waals surface area contributed by atoms with E-state index in [2.05, 4.69) is 5.32 Å². The molecule has 1 unspecified atom stereocenters. The molecule has 1 nitrogen and oxygen atoms in total. The maximum absolute atomic E-state index is 13.6. The highest BCUT2D eigenvalue weighted by molar-refractivity contribution is 6.30. The van der Waals surface area contributed by atoms with Crippen LogP contribution in [0.4, 0.5) is 8.78 Å². The standard InChI is InChI=1S/C15H14ClF2N/c1-10(14-4-2-3-5-15(14)18)19-9-11-6-12(16)8-13(17)7-11/h2-8,10,19H,9H2,1H3. The molecule has 1 atom stereocenters. The van der Waals surface area contributed by atoms with Gasteiger partial charge in [0.2, 0.25) is 0 Å². The number of rotatable bonds is 4. The van der Waals surface area contributed by atoms with Crippen LogP contribution in [0.5, 0.6) is 0 Å². The van der Waals surface area contributed by atoms with Crippen molar-refractivity contribution in [2.75, 3.05) is 0 Å². The van der Waals surface area contributed by atoms with Gasteiger partial charge in [-0.3, -0.25) is 0 Å². The smallest absolute Gasteiger partial charge is 0.127 e. The number of hydrogen-bond donors (Lipinski definition) is 1. The van der Waals surface area contributed by atoms with E-state index in [1.54, 1.807) is 24.3 Å². The van der Waals surface area contributed by atoms with Crippen molar-refractivity contribution in [3.05, 3.63) is 70.2 Å². The van der Waals surface area contributed by atoms with Gasteiger partial charge in [0.25, 0.3) is 0 Å². The van der Waals surface area contributed by atoms with Crippen LogP contribution in [-0.2, 0) is 6.54 Å². The van der Waals surface area contributed by atoms with Crippen molar-refractivity contribution >= 4 is 11.6 Å². The molecule has 0 fully saturated rings. The molecule has 0 saturated carbocycles. The quantitative estimate of drug-likeness (QED) is 0.872. The van der Waals surface area contributed by atoms with Crippen molar-refractivity contribution in [3.8, 4) is 0 Å². The van der Waals surface area contributed by atoms with Gasteiger partial charge in [0, 0.05) is 23.2 Å². The molecule has 0 aliphatic rings. The third kappa shape index (κ3) is 3.75. The zero-order valence-corrected chi connectivity index (χ0v) is 11.2. The van der Waals surface area contributed by atoms with Gasteiger partial charge in [-0.25, -0.2) is 8.78 Å². The second-order valence-corrected chi connectivity index (χ2v) is 4.84. The summed E-state index contributed by atoms with van der Waals surface area (Å²) < 4.78 is 26.7. The van der Waals surface area contributed by atoms with E-state index in [-0.39, 0.29) is 17.7 Å². The lowest BCUT2D eigenvalue weighted by atomic mass is 10.1. The van der Waals surface area contributed by atoms with Crippen molar-refractivity contribution in [1.29, 1.82) is 0 Å². The van der Waals surface area contributed by atoms with Gasteiger partial charge in [0.05, 0.1) is 0 Å². The molecule has 0 bridgehead atoms. The van der Waals surface area contributed by atoms with Crippen molar-refractivity contribution in [2.45, 2.75) is 19.5 Å². The molecule has 2 aromatic carbocycles. The molecule has 100 valence electrons. The molecule has 0 aliphatic carbocycles. The van der Waals surface area contributed by atoms with Gasteiger partial charge >= 0.3 is 0 Å². The predicted molar refractivity (Wildman–Crippen MR) is 73.1 cm³/mol. The minimum absolute atomic E-state index is 0.164. The van der Waals surface area contributed by atoms with Crippen LogP contribution in [0.3, 0.4) is 0 Å². The topological polar surface area (TPSA) is 12.0 Å². The van der Waals surface area contributed by atoms with E-state index >= 15 is 0 Å². The second-order valence-electron chi connectivity index (χ2n) is 4.40. The lowest BCUT2D eigenvalue weighted by molar-refractivity contribution is 0.526. The molecule has 1 N–H and O–H groups in total. The summed E-state index contributed by atoms with van der Waals surface area (Å²) in [4.78, 5) is 0. The molecule has 0 aromatic heterocycles. The molecule has 2 aromatic rings. The van der Waals surface area contributed by atoms with Crippen LogP contribution in [0.2, 0.25) is 5.02 Å². The van der Waals surface area contributed by atoms with E-state index in [4.69, 9.17) is 11.6 Å². The second kappa shape index (κ2) is 6.13. The van der Waals surface area contributed by atoms with Crippen LogP contribution in [0.25, 0.3) is 0 Å². The summed E-state index contributed by atoms with van der Waals surface area (Å²) in [6, 6.07) is 10.8. The molecule has 0 radical (unpaired) electrons. The summed E-state index contributed by atoms with van der Waals surface area (Å²) in [6.45, 7) is 2.28. The van der Waals surface area contributed by atoms with Crippen molar-refractivity contribution < 1.29 is 8.78 Å². The van der Waals surface area contributed by atoms with E-state index in [1.807, 2.05) is 6.92 Å². The third-order valence-electron chi connectivity index (χ3n) is 2.91. The first kappa shape index (κ1) is 14.0. The third-order valence-corrected chi connectivity index (χ3v) is 3.12. The van der Waals surface area contributed by atoms with Crippen LogP contribution in [0.1, 0.15) is 24.1 Å². The van der Waals surface area contributed by atoms with E-state index < -0.39 is 0 Å². The van der Waals surface area contributed by atoms with Gasteiger partial charge in [0.15, 0.2) is 0 Å². The molecule has 0 amide bonds. The SMILES string of the molecule is CC(NCc1cc(F)cc(Cl)c1)c1ccccc1F. The Balaban J connectivity index is 2.04. The first-order valence-corrected chi connectivity index (χ1v) is 6.37. The zero-order chi connectivity index (χ0) is 13.8. The Hall–Kier alpha value is -1.45. The predicted octanol–water partition coefficient (Wildman–Crippen LogP) is 4.47. The largest absolute Gasteiger partial charge is 0.306 e. The lowest BCUT2D eigenvalue weighted by Gasteiger charge is -2.15. The summed E-state index contributed by atoms with van der Waals surface area (Å²) in [5.74, 6) is -0.623. The fraction of sp³-hybridized carbons (Fsp3) is 0.200. The van der Waals surface area contributed by atoms with Crippen molar-refractivity contribution in [2.24, 2.45) is 0 Å². The molecule has 0 aliphatic heterocycles. The summed E-state index contributed by atoms with van der Waals surface area (Å²) >= 11 is 5.78. The van der Waals surface area contributed by atoms with Crippen LogP contribution in [-0.4, -0.2) is 0 Å². The number of hydrogen-bond acceptors (Lipinski definition) is 1. The molecule has 2 rings (SSSR count). The molecule has 0 spiro atoms. The molecule has 0 heterocycles. The van der Waals surface area contributed by atoms with Gasteiger partial charge < -0.3 is 5.32 Å². The number of halogens is 3. The average Bonchev–Trinajstić information content (AvgIpc) is 2.35. The molecule has 19 heavy (non-hydrogen) atoms. The van der Waals surface area contributed by atoms with Crippen molar-refractivity contribution in [1.82, 2.24) is 5.32 Å². The van der Waals surface area contributed by atoms with Gasteiger partial charge in [-0.2, -0.15) is 0 Å². The highest BCUT2D eigenvalue weighted by Crippen LogP contribution is 2.18. The Labute approximate surface area is 116 Å². The Morgan fingerprint density at radius 1 is 1.16 bits per heavy atom. The van der Waals surface area contributed by atoms with E-state index in [9.17, 15) is 8.78 Å². The Morgan fingerprint density at radius 3 is 2.58 bits per heavy atom. The molecule has 4 heteroatoms. The van der Waals surface area contributed by atoms with E-state index in [1.165, 1.54) is 18.2 Å². The normalized spacial score (nSPS) is 12.4. The summed E-state index contributed by atoms with van der Waals surface area (Å²) in [5, 5.41) is 3.50. The van der Waals surface area contributed by atoms with Crippen molar-refractivity contribution in [3.63, 3.8) is 0 Å². The molecule has 0 saturated heterocycles. The Kier molecular flexibility index (Phi) is 4.51. The zero-order valence-electron chi connectivity index (χ0n) is 10.5. The minimum atomic E-state index is -0.372. The van der Waals surface area contributed by atoms with Crippen LogP contribution < -0.4 is 5.32 Å². The van der Waals surface area contributed by atoms with Gasteiger partial charge in [0.1, 0.15) is 11.6 Å². The fourth-order valence-electron chi connectivity index (χ4n) is 1.92. The fourth-order valence-corrected chi connectivity index (χ4v) is 2.16. The van der Waals surface area contributed by atoms with Crippen LogP contribution in [0.15, 0.2) is 42.5 Å². The summed E-state index contributed by atoms with van der Waals surface area (Å²) in [6.07, 6.45) is 0. The average molecular weight is 282 g/mol. The maximum atomic E-state index is 13.6. The Bertz CT molecular complexity index is 552. The first-order valence-electron chi connectivity index (χ1n) is 5.99. The van der Waals surface area contributed by atoms with Gasteiger partial charge in [-0.15, -0.1) is 0 Å².